The predicted octanol–water partition coefficient (Wildman–Crippen LogP) is 3.55. The Labute approximate surface area is 120 Å². The van der Waals surface area contributed by atoms with Crippen LogP contribution in [0.4, 0.5) is 18.9 Å². The van der Waals surface area contributed by atoms with Crippen LogP contribution in [0.3, 0.4) is 0 Å². The molecule has 110 valence electrons. The van der Waals surface area contributed by atoms with Gasteiger partial charge >= 0.3 is 6.18 Å². The summed E-state index contributed by atoms with van der Waals surface area (Å²) in [6.45, 7) is 0.445. The number of carbonyl (C=O) groups is 1. The molecular weight excluding hydrogens is 281 g/mol. The summed E-state index contributed by atoms with van der Waals surface area (Å²) >= 11 is 0. The van der Waals surface area contributed by atoms with Gasteiger partial charge in [0.1, 0.15) is 0 Å². The molecule has 1 aromatic heterocycles. The molecule has 0 atom stereocenters. The Morgan fingerprint density at radius 3 is 2.43 bits per heavy atom. The molecule has 0 radical (unpaired) electrons. The van der Waals surface area contributed by atoms with E-state index in [4.69, 9.17) is 0 Å². The molecule has 21 heavy (non-hydrogen) atoms. The van der Waals surface area contributed by atoms with Crippen molar-refractivity contribution in [2.24, 2.45) is 0 Å². The van der Waals surface area contributed by atoms with Crippen LogP contribution in [0, 0.1) is 0 Å². The standard InChI is InChI=1S/C15H13F3N2O/c1-20(9-11-4-6-19-7-5-11)13-3-2-12(10-21)14(8-13)15(16,17)18/h2-8,10H,9H2,1H3. The van der Waals surface area contributed by atoms with Crippen molar-refractivity contribution in [2.75, 3.05) is 11.9 Å². The maximum atomic E-state index is 12.9. The third-order valence-electron chi connectivity index (χ3n) is 3.08. The van der Waals surface area contributed by atoms with Gasteiger partial charge in [-0.1, -0.05) is 0 Å². The number of aromatic nitrogens is 1. The van der Waals surface area contributed by atoms with Crippen molar-refractivity contribution in [3.8, 4) is 0 Å². The van der Waals surface area contributed by atoms with Crippen LogP contribution in [0.5, 0.6) is 0 Å². The quantitative estimate of drug-likeness (QED) is 0.809. The van der Waals surface area contributed by atoms with Crippen molar-refractivity contribution >= 4 is 12.0 Å². The molecule has 2 rings (SSSR count). The minimum Gasteiger partial charge on any atom is -0.370 e. The molecule has 0 aliphatic rings. The summed E-state index contributed by atoms with van der Waals surface area (Å²) in [5, 5.41) is 0. The number of anilines is 1. The molecule has 0 aliphatic heterocycles. The second-order valence-electron chi connectivity index (χ2n) is 4.60. The third kappa shape index (κ3) is 3.59. The minimum absolute atomic E-state index is 0.218. The lowest BCUT2D eigenvalue weighted by Gasteiger charge is -2.21. The zero-order valence-electron chi connectivity index (χ0n) is 11.3. The Bertz CT molecular complexity index is 627. The van der Waals surface area contributed by atoms with E-state index in [0.717, 1.165) is 11.6 Å². The second kappa shape index (κ2) is 5.95. The zero-order chi connectivity index (χ0) is 15.5. The van der Waals surface area contributed by atoms with Gasteiger partial charge in [0.25, 0.3) is 0 Å². The van der Waals surface area contributed by atoms with Gasteiger partial charge in [0.15, 0.2) is 6.29 Å². The predicted molar refractivity (Wildman–Crippen MR) is 73.2 cm³/mol. The van der Waals surface area contributed by atoms with E-state index in [0.29, 0.717) is 12.2 Å². The van der Waals surface area contributed by atoms with Gasteiger partial charge in [0.2, 0.25) is 0 Å². The molecule has 1 aromatic carbocycles. The van der Waals surface area contributed by atoms with Gasteiger partial charge in [-0.15, -0.1) is 0 Å². The topological polar surface area (TPSA) is 33.2 Å². The molecule has 0 fully saturated rings. The maximum Gasteiger partial charge on any atom is 0.417 e. The Hall–Kier alpha value is -2.37. The number of hydrogen-bond donors (Lipinski definition) is 0. The number of pyridine rings is 1. The van der Waals surface area contributed by atoms with Gasteiger partial charge < -0.3 is 4.90 Å². The smallest absolute Gasteiger partial charge is 0.370 e. The van der Waals surface area contributed by atoms with Crippen molar-refractivity contribution < 1.29 is 18.0 Å². The van der Waals surface area contributed by atoms with Crippen LogP contribution in [-0.4, -0.2) is 18.3 Å². The van der Waals surface area contributed by atoms with Gasteiger partial charge in [0.05, 0.1) is 5.56 Å². The molecule has 0 bridgehead atoms. The van der Waals surface area contributed by atoms with Crippen LogP contribution < -0.4 is 4.90 Å². The SMILES string of the molecule is CN(Cc1ccncc1)c1ccc(C=O)c(C(F)(F)F)c1. The third-order valence-corrected chi connectivity index (χ3v) is 3.08. The maximum absolute atomic E-state index is 12.9. The van der Waals surface area contributed by atoms with Crippen LogP contribution in [0.15, 0.2) is 42.7 Å². The number of nitrogens with zero attached hydrogens (tertiary/aromatic N) is 2. The lowest BCUT2D eigenvalue weighted by molar-refractivity contribution is -0.137. The Balaban J connectivity index is 2.30. The van der Waals surface area contributed by atoms with E-state index >= 15 is 0 Å². The fourth-order valence-corrected chi connectivity index (χ4v) is 1.98. The number of hydrogen-bond acceptors (Lipinski definition) is 3. The molecule has 6 heteroatoms. The molecule has 0 saturated heterocycles. The summed E-state index contributed by atoms with van der Waals surface area (Å²) in [5.41, 5.74) is 0.0467. The van der Waals surface area contributed by atoms with E-state index in [9.17, 15) is 18.0 Å². The molecule has 0 spiro atoms. The van der Waals surface area contributed by atoms with Crippen LogP contribution >= 0.6 is 0 Å². The average molecular weight is 294 g/mol. The van der Waals surface area contributed by atoms with Crippen molar-refractivity contribution in [2.45, 2.75) is 12.7 Å². The summed E-state index contributed by atoms with van der Waals surface area (Å²) in [7, 11) is 1.69. The zero-order valence-corrected chi connectivity index (χ0v) is 11.3. The summed E-state index contributed by atoms with van der Waals surface area (Å²) in [4.78, 5) is 16.3. The van der Waals surface area contributed by atoms with Crippen molar-refractivity contribution in [1.82, 2.24) is 4.98 Å². The van der Waals surface area contributed by atoms with Gasteiger partial charge in [0, 0.05) is 37.2 Å². The molecular formula is C15H13F3N2O. The largest absolute Gasteiger partial charge is 0.417 e. The molecule has 2 aromatic rings. The molecule has 0 aliphatic carbocycles. The fraction of sp³-hybridized carbons (Fsp3) is 0.200. The molecule has 1 heterocycles. The van der Waals surface area contributed by atoms with Gasteiger partial charge in [-0.25, -0.2) is 0 Å². The first kappa shape index (κ1) is 15.0. The van der Waals surface area contributed by atoms with E-state index < -0.39 is 11.7 Å². The highest BCUT2D eigenvalue weighted by Gasteiger charge is 2.33. The number of carbonyl (C=O) groups excluding carboxylic acids is 1. The Morgan fingerprint density at radius 1 is 1.19 bits per heavy atom. The van der Waals surface area contributed by atoms with Crippen molar-refractivity contribution in [1.29, 1.82) is 0 Å². The van der Waals surface area contributed by atoms with Gasteiger partial charge in [-0.05, 0) is 35.9 Å². The number of halogens is 3. The summed E-state index contributed by atoms with van der Waals surface area (Å²) in [6.07, 6.45) is -1.08. The van der Waals surface area contributed by atoms with E-state index in [2.05, 4.69) is 4.98 Å². The van der Waals surface area contributed by atoms with Crippen molar-refractivity contribution in [3.05, 3.63) is 59.4 Å². The molecule has 3 nitrogen and oxygen atoms in total. The Morgan fingerprint density at radius 2 is 1.86 bits per heavy atom. The first-order valence-electron chi connectivity index (χ1n) is 6.18. The van der Waals surface area contributed by atoms with Crippen molar-refractivity contribution in [3.63, 3.8) is 0 Å². The second-order valence-corrected chi connectivity index (χ2v) is 4.60. The number of benzene rings is 1. The van der Waals surface area contributed by atoms with Crippen LogP contribution in [0.25, 0.3) is 0 Å². The van der Waals surface area contributed by atoms with E-state index in [1.54, 1.807) is 36.5 Å². The average Bonchev–Trinajstić information content (AvgIpc) is 2.46. The number of alkyl halides is 3. The molecule has 0 unspecified atom stereocenters. The van der Waals surface area contributed by atoms with E-state index in [1.165, 1.54) is 12.1 Å². The molecule has 0 amide bonds. The Kier molecular flexibility index (Phi) is 4.26. The van der Waals surface area contributed by atoms with Crippen LogP contribution in [0.2, 0.25) is 0 Å². The molecule has 0 saturated carbocycles. The fourth-order valence-electron chi connectivity index (χ4n) is 1.98. The first-order chi connectivity index (χ1) is 9.91. The summed E-state index contributed by atoms with van der Waals surface area (Å²) in [5.74, 6) is 0. The van der Waals surface area contributed by atoms with Crippen LogP contribution in [0.1, 0.15) is 21.5 Å². The molecule has 0 N–H and O–H groups in total. The van der Waals surface area contributed by atoms with E-state index in [1.807, 2.05) is 0 Å². The first-order valence-corrected chi connectivity index (χ1v) is 6.18. The number of aldehydes is 1. The lowest BCUT2D eigenvalue weighted by atomic mass is 10.1. The highest BCUT2D eigenvalue weighted by Crippen LogP contribution is 2.34. The normalized spacial score (nSPS) is 11.2. The summed E-state index contributed by atoms with van der Waals surface area (Å²) < 4.78 is 38.8. The minimum atomic E-state index is -4.55. The highest BCUT2D eigenvalue weighted by atomic mass is 19.4. The lowest BCUT2D eigenvalue weighted by Crippen LogP contribution is -2.18. The number of rotatable bonds is 4. The highest BCUT2D eigenvalue weighted by molar-refractivity contribution is 5.79. The van der Waals surface area contributed by atoms with E-state index in [-0.39, 0.29) is 11.8 Å². The van der Waals surface area contributed by atoms with Gasteiger partial charge in [-0.2, -0.15) is 13.2 Å². The summed E-state index contributed by atoms with van der Waals surface area (Å²) in [6, 6.07) is 7.27. The monoisotopic (exact) mass is 294 g/mol. The van der Waals surface area contributed by atoms with Gasteiger partial charge in [-0.3, -0.25) is 9.78 Å². The van der Waals surface area contributed by atoms with Crippen LogP contribution in [-0.2, 0) is 12.7 Å².